The average molecular weight is 253 g/mol. The number of amides is 1. The SMILES string of the molecule is CC(=O)OC(C)C1(c2cccs2)CNC(=O)C1. The maximum absolute atomic E-state index is 11.5. The number of esters is 1. The lowest BCUT2D eigenvalue weighted by atomic mass is 9.80. The van der Waals surface area contributed by atoms with Crippen LogP contribution in [0.3, 0.4) is 0 Å². The summed E-state index contributed by atoms with van der Waals surface area (Å²) in [5.41, 5.74) is -0.406. The molecule has 1 aliphatic rings. The molecule has 1 amide bonds. The number of carbonyl (C=O) groups is 2. The molecule has 5 heteroatoms. The third kappa shape index (κ3) is 2.20. The Morgan fingerprint density at radius 1 is 1.65 bits per heavy atom. The minimum Gasteiger partial charge on any atom is -0.462 e. The van der Waals surface area contributed by atoms with E-state index in [1.165, 1.54) is 6.92 Å². The monoisotopic (exact) mass is 253 g/mol. The van der Waals surface area contributed by atoms with Gasteiger partial charge in [-0.3, -0.25) is 9.59 Å². The average Bonchev–Trinajstić information content (AvgIpc) is 2.85. The van der Waals surface area contributed by atoms with Crippen LogP contribution in [0.15, 0.2) is 17.5 Å². The van der Waals surface area contributed by atoms with Crippen molar-refractivity contribution in [2.45, 2.75) is 31.8 Å². The number of carbonyl (C=O) groups excluding carboxylic acids is 2. The van der Waals surface area contributed by atoms with Crippen molar-refractivity contribution < 1.29 is 14.3 Å². The third-order valence-corrected chi connectivity index (χ3v) is 4.30. The Hall–Kier alpha value is -1.36. The molecule has 2 atom stereocenters. The maximum atomic E-state index is 11.5. The predicted molar refractivity (Wildman–Crippen MR) is 64.9 cm³/mol. The molecule has 0 bridgehead atoms. The van der Waals surface area contributed by atoms with Gasteiger partial charge in [-0.05, 0) is 18.4 Å². The number of thiophene rings is 1. The summed E-state index contributed by atoms with van der Waals surface area (Å²) in [6, 6.07) is 3.94. The molecule has 1 fully saturated rings. The molecule has 0 aliphatic carbocycles. The second-order valence-electron chi connectivity index (χ2n) is 4.34. The van der Waals surface area contributed by atoms with Crippen molar-refractivity contribution in [1.82, 2.24) is 5.32 Å². The molecule has 1 aliphatic heterocycles. The van der Waals surface area contributed by atoms with Crippen LogP contribution in [-0.2, 0) is 19.7 Å². The number of hydrogen-bond donors (Lipinski definition) is 1. The van der Waals surface area contributed by atoms with Gasteiger partial charge in [0.15, 0.2) is 0 Å². The molecule has 92 valence electrons. The van der Waals surface area contributed by atoms with Crippen molar-refractivity contribution in [3.8, 4) is 0 Å². The van der Waals surface area contributed by atoms with Crippen molar-refractivity contribution in [2.24, 2.45) is 0 Å². The molecule has 17 heavy (non-hydrogen) atoms. The lowest BCUT2D eigenvalue weighted by Crippen LogP contribution is -2.41. The molecule has 0 spiro atoms. The van der Waals surface area contributed by atoms with E-state index in [1.807, 2.05) is 24.4 Å². The van der Waals surface area contributed by atoms with Crippen molar-refractivity contribution in [1.29, 1.82) is 0 Å². The lowest BCUT2D eigenvalue weighted by molar-refractivity contribution is -0.149. The molecular formula is C12H15NO3S. The zero-order chi connectivity index (χ0) is 12.5. The first-order chi connectivity index (χ1) is 8.04. The van der Waals surface area contributed by atoms with Gasteiger partial charge in [-0.15, -0.1) is 11.3 Å². The predicted octanol–water partition coefficient (Wildman–Crippen LogP) is 1.46. The smallest absolute Gasteiger partial charge is 0.302 e. The van der Waals surface area contributed by atoms with Gasteiger partial charge in [0.2, 0.25) is 5.91 Å². The molecule has 1 aromatic heterocycles. The summed E-state index contributed by atoms with van der Waals surface area (Å²) in [5, 5.41) is 4.80. The van der Waals surface area contributed by atoms with Crippen LogP contribution in [0, 0.1) is 0 Å². The van der Waals surface area contributed by atoms with Crippen LogP contribution in [0.5, 0.6) is 0 Å². The molecule has 1 saturated heterocycles. The highest BCUT2D eigenvalue weighted by molar-refractivity contribution is 7.10. The van der Waals surface area contributed by atoms with Gasteiger partial charge >= 0.3 is 5.97 Å². The highest BCUT2D eigenvalue weighted by Crippen LogP contribution is 2.38. The minimum absolute atomic E-state index is 0.0115. The molecule has 0 aromatic carbocycles. The van der Waals surface area contributed by atoms with Crippen LogP contribution in [0.4, 0.5) is 0 Å². The molecular weight excluding hydrogens is 238 g/mol. The van der Waals surface area contributed by atoms with Crippen LogP contribution in [0.25, 0.3) is 0 Å². The fraction of sp³-hybridized carbons (Fsp3) is 0.500. The largest absolute Gasteiger partial charge is 0.462 e. The summed E-state index contributed by atoms with van der Waals surface area (Å²) < 4.78 is 5.29. The second-order valence-corrected chi connectivity index (χ2v) is 5.29. The van der Waals surface area contributed by atoms with E-state index < -0.39 is 5.41 Å². The van der Waals surface area contributed by atoms with Crippen molar-refractivity contribution >= 4 is 23.2 Å². The summed E-state index contributed by atoms with van der Waals surface area (Å²) in [6.07, 6.45) is 0.0692. The van der Waals surface area contributed by atoms with Crippen LogP contribution in [0.1, 0.15) is 25.1 Å². The summed E-state index contributed by atoms with van der Waals surface area (Å²) >= 11 is 1.59. The van der Waals surface area contributed by atoms with E-state index in [-0.39, 0.29) is 18.0 Å². The standard InChI is InChI=1S/C12H15NO3S/c1-8(16-9(2)14)12(6-11(15)13-7-12)10-4-3-5-17-10/h3-5,8H,6-7H2,1-2H3,(H,13,15). The number of hydrogen-bond acceptors (Lipinski definition) is 4. The van der Waals surface area contributed by atoms with Crippen LogP contribution in [0.2, 0.25) is 0 Å². The fourth-order valence-electron chi connectivity index (χ4n) is 2.25. The van der Waals surface area contributed by atoms with Crippen molar-refractivity contribution in [3.05, 3.63) is 22.4 Å². The second kappa shape index (κ2) is 4.49. The minimum atomic E-state index is -0.406. The van der Waals surface area contributed by atoms with Gasteiger partial charge in [0, 0.05) is 24.8 Å². The van der Waals surface area contributed by atoms with E-state index in [1.54, 1.807) is 11.3 Å². The topological polar surface area (TPSA) is 55.4 Å². The first kappa shape index (κ1) is 12.1. The molecule has 2 unspecified atom stereocenters. The van der Waals surface area contributed by atoms with Gasteiger partial charge in [0.05, 0.1) is 5.41 Å². The Morgan fingerprint density at radius 3 is 2.88 bits per heavy atom. The highest BCUT2D eigenvalue weighted by Gasteiger charge is 2.47. The fourth-order valence-corrected chi connectivity index (χ4v) is 3.26. The van der Waals surface area contributed by atoms with Gasteiger partial charge < -0.3 is 10.1 Å². The van der Waals surface area contributed by atoms with E-state index in [2.05, 4.69) is 5.32 Å². The summed E-state index contributed by atoms with van der Waals surface area (Å²) in [6.45, 7) is 3.77. The summed E-state index contributed by atoms with van der Waals surface area (Å²) in [7, 11) is 0. The van der Waals surface area contributed by atoms with Crippen LogP contribution < -0.4 is 5.32 Å². The first-order valence-electron chi connectivity index (χ1n) is 5.52. The molecule has 0 saturated carbocycles. The van der Waals surface area contributed by atoms with E-state index in [0.717, 1.165) is 4.88 Å². The first-order valence-corrected chi connectivity index (χ1v) is 6.40. The lowest BCUT2D eigenvalue weighted by Gasteiger charge is -2.32. The van der Waals surface area contributed by atoms with E-state index in [0.29, 0.717) is 13.0 Å². The van der Waals surface area contributed by atoms with Gasteiger partial charge in [0.25, 0.3) is 0 Å². The Morgan fingerprint density at radius 2 is 2.41 bits per heavy atom. The highest BCUT2D eigenvalue weighted by atomic mass is 32.1. The quantitative estimate of drug-likeness (QED) is 0.830. The zero-order valence-corrected chi connectivity index (χ0v) is 10.7. The van der Waals surface area contributed by atoms with Gasteiger partial charge in [-0.25, -0.2) is 0 Å². The van der Waals surface area contributed by atoms with Gasteiger partial charge in [0.1, 0.15) is 6.10 Å². The van der Waals surface area contributed by atoms with Crippen LogP contribution in [-0.4, -0.2) is 24.5 Å². The Kier molecular flexibility index (Phi) is 3.19. The third-order valence-electron chi connectivity index (χ3n) is 3.21. The normalized spacial score (nSPS) is 25.4. The molecule has 2 heterocycles. The Balaban J connectivity index is 2.31. The van der Waals surface area contributed by atoms with Gasteiger partial charge in [-0.2, -0.15) is 0 Å². The molecule has 1 aromatic rings. The number of rotatable bonds is 3. The molecule has 4 nitrogen and oxygen atoms in total. The summed E-state index contributed by atoms with van der Waals surface area (Å²) in [4.78, 5) is 23.7. The van der Waals surface area contributed by atoms with E-state index in [4.69, 9.17) is 4.74 Å². The Bertz CT molecular complexity index is 429. The molecule has 2 rings (SSSR count). The van der Waals surface area contributed by atoms with Gasteiger partial charge in [-0.1, -0.05) is 6.07 Å². The van der Waals surface area contributed by atoms with E-state index >= 15 is 0 Å². The summed E-state index contributed by atoms with van der Waals surface area (Å²) in [5.74, 6) is -0.301. The van der Waals surface area contributed by atoms with Crippen LogP contribution >= 0.6 is 11.3 Å². The van der Waals surface area contributed by atoms with Crippen molar-refractivity contribution in [2.75, 3.05) is 6.54 Å². The zero-order valence-electron chi connectivity index (χ0n) is 9.86. The number of ether oxygens (including phenoxy) is 1. The maximum Gasteiger partial charge on any atom is 0.302 e. The number of nitrogens with one attached hydrogen (secondary N) is 1. The van der Waals surface area contributed by atoms with E-state index in [9.17, 15) is 9.59 Å². The molecule has 0 radical (unpaired) electrons. The molecule has 1 N–H and O–H groups in total. The van der Waals surface area contributed by atoms with Crippen molar-refractivity contribution in [3.63, 3.8) is 0 Å². The Labute approximate surface area is 104 Å².